The second-order valence-electron chi connectivity index (χ2n) is 4.79. The van der Waals surface area contributed by atoms with Crippen LogP contribution in [0.25, 0.3) is 0 Å². The first kappa shape index (κ1) is 11.3. The highest BCUT2D eigenvalue weighted by Crippen LogP contribution is 2.23. The molecule has 1 fully saturated rings. The molecule has 0 unspecified atom stereocenters. The molecule has 2 heteroatoms. The molecule has 1 saturated carbocycles. The Morgan fingerprint density at radius 3 is 2.75 bits per heavy atom. The molecule has 2 rings (SSSR count). The topological polar surface area (TPSA) is 20.3 Å². The Labute approximate surface area is 97.3 Å². The minimum atomic E-state index is 0.234. The predicted molar refractivity (Wildman–Crippen MR) is 65.8 cm³/mol. The van der Waals surface area contributed by atoms with Crippen molar-refractivity contribution in [2.75, 3.05) is 13.6 Å². The van der Waals surface area contributed by atoms with Crippen LogP contribution in [0.2, 0.25) is 0 Å². The first-order valence-corrected chi connectivity index (χ1v) is 5.97. The summed E-state index contributed by atoms with van der Waals surface area (Å²) in [5.74, 6) is 0.234. The van der Waals surface area contributed by atoms with Crippen LogP contribution >= 0.6 is 0 Å². The van der Waals surface area contributed by atoms with Crippen LogP contribution in [-0.4, -0.2) is 30.3 Å². The number of benzene rings is 1. The second-order valence-corrected chi connectivity index (χ2v) is 4.79. The van der Waals surface area contributed by atoms with Crippen molar-refractivity contribution in [3.05, 3.63) is 35.4 Å². The van der Waals surface area contributed by atoms with Crippen molar-refractivity contribution in [3.63, 3.8) is 0 Å². The monoisotopic (exact) mass is 217 g/mol. The lowest BCUT2D eigenvalue weighted by Gasteiger charge is -2.34. The van der Waals surface area contributed by atoms with Gasteiger partial charge in [0.05, 0.1) is 6.54 Å². The zero-order chi connectivity index (χ0) is 11.5. The lowest BCUT2D eigenvalue weighted by molar-refractivity contribution is 0.0870. The van der Waals surface area contributed by atoms with E-state index in [9.17, 15) is 4.79 Å². The highest BCUT2D eigenvalue weighted by Gasteiger charge is 2.23. The molecule has 0 bridgehead atoms. The number of aryl methyl sites for hydroxylation is 1. The van der Waals surface area contributed by atoms with Gasteiger partial charge in [0, 0.05) is 11.6 Å². The molecule has 86 valence electrons. The average molecular weight is 217 g/mol. The van der Waals surface area contributed by atoms with E-state index in [1.165, 1.54) is 19.3 Å². The zero-order valence-electron chi connectivity index (χ0n) is 10.1. The molecule has 0 aliphatic heterocycles. The number of Topliss-reactive ketones (excluding diaryl/α,β-unsaturated/α-hetero) is 1. The molecule has 16 heavy (non-hydrogen) atoms. The summed E-state index contributed by atoms with van der Waals surface area (Å²) in [6.45, 7) is 2.57. The molecule has 0 atom stereocenters. The molecule has 0 spiro atoms. The summed E-state index contributed by atoms with van der Waals surface area (Å²) in [5.41, 5.74) is 1.99. The molecule has 2 nitrogen and oxygen atoms in total. The molecule has 1 aromatic rings. The van der Waals surface area contributed by atoms with Crippen molar-refractivity contribution in [2.45, 2.75) is 32.2 Å². The van der Waals surface area contributed by atoms with Gasteiger partial charge in [0.1, 0.15) is 0 Å². The van der Waals surface area contributed by atoms with E-state index in [1.54, 1.807) is 0 Å². The van der Waals surface area contributed by atoms with Crippen LogP contribution in [0.4, 0.5) is 0 Å². The predicted octanol–water partition coefficient (Wildman–Crippen LogP) is 2.66. The molecule has 1 aliphatic rings. The fourth-order valence-corrected chi connectivity index (χ4v) is 2.09. The van der Waals surface area contributed by atoms with E-state index in [2.05, 4.69) is 11.9 Å². The quantitative estimate of drug-likeness (QED) is 0.723. The van der Waals surface area contributed by atoms with Gasteiger partial charge in [-0.1, -0.05) is 30.2 Å². The van der Waals surface area contributed by atoms with Crippen LogP contribution in [0.15, 0.2) is 24.3 Å². The Balaban J connectivity index is 1.96. The third-order valence-corrected chi connectivity index (χ3v) is 3.43. The number of likely N-dealkylation sites (N-methyl/N-ethyl adjacent to an activating group) is 1. The third-order valence-electron chi connectivity index (χ3n) is 3.43. The fraction of sp³-hybridized carbons (Fsp3) is 0.500. The van der Waals surface area contributed by atoms with Crippen molar-refractivity contribution < 1.29 is 4.79 Å². The summed E-state index contributed by atoms with van der Waals surface area (Å²) in [5, 5.41) is 0. The van der Waals surface area contributed by atoms with E-state index < -0.39 is 0 Å². The summed E-state index contributed by atoms with van der Waals surface area (Å²) in [6, 6.07) is 8.48. The Morgan fingerprint density at radius 2 is 2.19 bits per heavy atom. The zero-order valence-corrected chi connectivity index (χ0v) is 10.1. The minimum Gasteiger partial charge on any atom is -0.296 e. The van der Waals surface area contributed by atoms with Gasteiger partial charge in [-0.25, -0.2) is 0 Å². The van der Waals surface area contributed by atoms with Crippen LogP contribution in [0.1, 0.15) is 35.2 Å². The highest BCUT2D eigenvalue weighted by molar-refractivity contribution is 5.97. The number of hydrogen-bond donors (Lipinski definition) is 0. The maximum Gasteiger partial charge on any atom is 0.176 e. The largest absolute Gasteiger partial charge is 0.296 e. The van der Waals surface area contributed by atoms with Crippen molar-refractivity contribution in [3.8, 4) is 0 Å². The Hall–Kier alpha value is -1.15. The summed E-state index contributed by atoms with van der Waals surface area (Å²) in [4.78, 5) is 14.2. The first-order valence-electron chi connectivity index (χ1n) is 5.97. The number of hydrogen-bond acceptors (Lipinski definition) is 2. The normalized spacial score (nSPS) is 16.2. The van der Waals surface area contributed by atoms with Gasteiger partial charge in [0.2, 0.25) is 0 Å². The molecule has 0 aromatic heterocycles. The second kappa shape index (κ2) is 4.79. The van der Waals surface area contributed by atoms with E-state index in [0.29, 0.717) is 12.6 Å². The fourth-order valence-electron chi connectivity index (χ4n) is 2.09. The summed E-state index contributed by atoms with van der Waals surface area (Å²) >= 11 is 0. The number of carbonyl (C=O) groups excluding carboxylic acids is 1. The molecular formula is C14H19NO. The van der Waals surface area contributed by atoms with Crippen LogP contribution in [0, 0.1) is 6.92 Å². The Morgan fingerprint density at radius 1 is 1.44 bits per heavy atom. The van der Waals surface area contributed by atoms with Gasteiger partial charge < -0.3 is 0 Å². The number of rotatable bonds is 4. The van der Waals surface area contributed by atoms with Crippen LogP contribution < -0.4 is 0 Å². The average Bonchev–Trinajstić information content (AvgIpc) is 2.14. The smallest absolute Gasteiger partial charge is 0.176 e. The van der Waals surface area contributed by atoms with E-state index in [4.69, 9.17) is 0 Å². The molecule has 1 aromatic carbocycles. The lowest BCUT2D eigenvalue weighted by atomic mass is 9.91. The van der Waals surface area contributed by atoms with Crippen LogP contribution in [-0.2, 0) is 0 Å². The van der Waals surface area contributed by atoms with Crippen molar-refractivity contribution in [1.29, 1.82) is 0 Å². The third kappa shape index (κ3) is 2.50. The van der Waals surface area contributed by atoms with Gasteiger partial charge >= 0.3 is 0 Å². The van der Waals surface area contributed by atoms with Crippen LogP contribution in [0.3, 0.4) is 0 Å². The van der Waals surface area contributed by atoms with Gasteiger partial charge in [-0.2, -0.15) is 0 Å². The maximum absolute atomic E-state index is 12.0. The van der Waals surface area contributed by atoms with Crippen LogP contribution in [0.5, 0.6) is 0 Å². The molecule has 0 amide bonds. The van der Waals surface area contributed by atoms with E-state index in [-0.39, 0.29) is 5.78 Å². The molecule has 0 radical (unpaired) electrons. The Bertz CT molecular complexity index is 382. The molecule has 0 heterocycles. The number of nitrogens with zero attached hydrogens (tertiary/aromatic N) is 1. The minimum absolute atomic E-state index is 0.234. The standard InChI is InChI=1S/C14H19NO/c1-11-5-3-6-12(9-11)14(16)10-15(2)13-7-4-8-13/h3,5-6,9,13H,4,7-8,10H2,1-2H3. The molecular weight excluding hydrogens is 198 g/mol. The van der Waals surface area contributed by atoms with Crippen molar-refractivity contribution in [1.82, 2.24) is 4.90 Å². The number of carbonyl (C=O) groups is 1. The van der Waals surface area contributed by atoms with Crippen molar-refractivity contribution in [2.24, 2.45) is 0 Å². The first-order chi connectivity index (χ1) is 7.66. The van der Waals surface area contributed by atoms with Crippen molar-refractivity contribution >= 4 is 5.78 Å². The molecule has 0 saturated heterocycles. The summed E-state index contributed by atoms with van der Waals surface area (Å²) in [6.07, 6.45) is 3.81. The SMILES string of the molecule is Cc1cccc(C(=O)CN(C)C2CCC2)c1. The van der Waals surface area contributed by atoms with Gasteiger partial charge in [-0.05, 0) is 32.9 Å². The van der Waals surface area contributed by atoms with Gasteiger partial charge in [-0.3, -0.25) is 9.69 Å². The van der Waals surface area contributed by atoms with E-state index >= 15 is 0 Å². The van der Waals surface area contributed by atoms with Gasteiger partial charge in [-0.15, -0.1) is 0 Å². The van der Waals surface area contributed by atoms with Gasteiger partial charge in [0.15, 0.2) is 5.78 Å². The lowest BCUT2D eigenvalue weighted by Crippen LogP contribution is -2.40. The van der Waals surface area contributed by atoms with E-state index in [0.717, 1.165) is 11.1 Å². The summed E-state index contributed by atoms with van der Waals surface area (Å²) in [7, 11) is 2.05. The molecule has 0 N–H and O–H groups in total. The molecule has 1 aliphatic carbocycles. The number of ketones is 1. The highest BCUT2D eigenvalue weighted by atomic mass is 16.1. The maximum atomic E-state index is 12.0. The summed E-state index contributed by atoms with van der Waals surface area (Å²) < 4.78 is 0. The van der Waals surface area contributed by atoms with Gasteiger partial charge in [0.25, 0.3) is 0 Å². The van der Waals surface area contributed by atoms with E-state index in [1.807, 2.05) is 31.2 Å². The Kier molecular flexibility index (Phi) is 3.39.